The second-order valence-electron chi connectivity index (χ2n) is 9.81. The summed E-state index contributed by atoms with van der Waals surface area (Å²) in [5.74, 6) is 3.05. The van der Waals surface area contributed by atoms with Crippen molar-refractivity contribution in [2.45, 2.75) is 105 Å². The Kier molecular flexibility index (Phi) is 17.6. The second-order valence-corrected chi connectivity index (χ2v) is 11.0. The first-order valence-corrected chi connectivity index (χ1v) is 13.5. The van der Waals surface area contributed by atoms with Crippen molar-refractivity contribution >= 4 is 7.82 Å². The molecule has 0 spiro atoms. The lowest BCUT2D eigenvalue weighted by atomic mass is 9.91. The van der Waals surface area contributed by atoms with E-state index in [4.69, 9.17) is 14.5 Å². The van der Waals surface area contributed by atoms with E-state index in [1.165, 1.54) is 57.8 Å². The zero-order chi connectivity index (χ0) is 23.0. The molecule has 0 bridgehead atoms. The third kappa shape index (κ3) is 21.3. The van der Waals surface area contributed by atoms with E-state index < -0.39 is 20.5 Å². The van der Waals surface area contributed by atoms with Crippen LogP contribution in [0.5, 0.6) is 0 Å². The van der Waals surface area contributed by atoms with Gasteiger partial charge in [0.2, 0.25) is 0 Å². The van der Waals surface area contributed by atoms with E-state index in [0.29, 0.717) is 12.5 Å². The molecule has 3 N–H and O–H groups in total. The zero-order valence-electron chi connectivity index (χ0n) is 20.1. The number of phosphoric acid groups is 1. The summed E-state index contributed by atoms with van der Waals surface area (Å²) in [4.78, 5) is 17.2. The molecule has 4 atom stereocenters. The number of aliphatic hydroxyl groups excluding tert-OH is 1. The molecule has 0 heterocycles. The highest BCUT2D eigenvalue weighted by Gasteiger charge is 2.17. The molecule has 30 heavy (non-hydrogen) atoms. The molecular weight excluding hydrogens is 403 g/mol. The predicted molar refractivity (Wildman–Crippen MR) is 123 cm³/mol. The molecule has 0 rings (SSSR count). The first kappa shape index (κ1) is 30.0. The normalized spacial score (nSPS) is 16.6. The smallest absolute Gasteiger partial charge is 0.388 e. The first-order valence-electron chi connectivity index (χ1n) is 12.0. The van der Waals surface area contributed by atoms with Gasteiger partial charge in [0.1, 0.15) is 6.10 Å². The summed E-state index contributed by atoms with van der Waals surface area (Å²) in [5.41, 5.74) is 0. The lowest BCUT2D eigenvalue weighted by Gasteiger charge is -2.17. The zero-order valence-corrected chi connectivity index (χ0v) is 21.0. The molecule has 0 aliphatic rings. The number of hydrogen-bond acceptors (Lipinski definition) is 4. The van der Waals surface area contributed by atoms with Crippen LogP contribution in [0.2, 0.25) is 0 Å². The lowest BCUT2D eigenvalue weighted by molar-refractivity contribution is 0.00254. The second kappa shape index (κ2) is 17.6. The maximum Gasteiger partial charge on any atom is 0.469 e. The van der Waals surface area contributed by atoms with Gasteiger partial charge in [-0.3, -0.25) is 4.52 Å². The average molecular weight is 453 g/mol. The van der Waals surface area contributed by atoms with Crippen molar-refractivity contribution in [2.24, 2.45) is 23.7 Å². The molecule has 0 unspecified atom stereocenters. The van der Waals surface area contributed by atoms with Gasteiger partial charge >= 0.3 is 7.82 Å². The third-order valence-electron chi connectivity index (χ3n) is 5.77. The summed E-state index contributed by atoms with van der Waals surface area (Å²) >= 11 is 0. The fourth-order valence-corrected chi connectivity index (χ4v) is 4.04. The van der Waals surface area contributed by atoms with Gasteiger partial charge in [0, 0.05) is 6.61 Å². The highest BCUT2D eigenvalue weighted by molar-refractivity contribution is 7.46. The largest absolute Gasteiger partial charge is 0.469 e. The number of phosphoric ester groups is 1. The van der Waals surface area contributed by atoms with Gasteiger partial charge in [-0.05, 0) is 30.1 Å². The van der Waals surface area contributed by atoms with Crippen molar-refractivity contribution in [3.8, 4) is 0 Å². The van der Waals surface area contributed by atoms with E-state index in [-0.39, 0.29) is 6.61 Å². The van der Waals surface area contributed by atoms with E-state index in [1.807, 2.05) is 0 Å². The van der Waals surface area contributed by atoms with Gasteiger partial charge in [-0.25, -0.2) is 4.57 Å². The van der Waals surface area contributed by atoms with Gasteiger partial charge in [-0.2, -0.15) is 0 Å². The monoisotopic (exact) mass is 452 g/mol. The Hall–Kier alpha value is 0.0300. The van der Waals surface area contributed by atoms with Crippen LogP contribution in [-0.4, -0.2) is 40.8 Å². The fourth-order valence-electron chi connectivity index (χ4n) is 3.67. The number of rotatable bonds is 20. The van der Waals surface area contributed by atoms with Crippen LogP contribution in [0.3, 0.4) is 0 Å². The van der Waals surface area contributed by atoms with Crippen LogP contribution in [-0.2, 0) is 13.8 Å². The molecule has 0 aromatic rings. The van der Waals surface area contributed by atoms with Gasteiger partial charge in [-0.15, -0.1) is 0 Å². The Labute approximate surface area is 185 Å². The molecule has 0 saturated carbocycles. The summed E-state index contributed by atoms with van der Waals surface area (Å²) in [7, 11) is -4.53. The third-order valence-corrected chi connectivity index (χ3v) is 6.25. The molecule has 0 fully saturated rings. The highest BCUT2D eigenvalue weighted by Crippen LogP contribution is 2.35. The number of aliphatic hydroxyl groups is 1. The van der Waals surface area contributed by atoms with Crippen LogP contribution in [0.15, 0.2) is 0 Å². The summed E-state index contributed by atoms with van der Waals surface area (Å²) in [6.07, 6.45) is 11.8. The maximum absolute atomic E-state index is 10.6. The molecule has 0 aliphatic heterocycles. The van der Waals surface area contributed by atoms with E-state index >= 15 is 0 Å². The molecule has 7 heteroatoms. The minimum atomic E-state index is -4.53. The highest BCUT2D eigenvalue weighted by atomic mass is 31.2. The average Bonchev–Trinajstić information content (AvgIpc) is 2.62. The quantitative estimate of drug-likeness (QED) is 0.156. The summed E-state index contributed by atoms with van der Waals surface area (Å²) in [5, 5.41) is 9.56. The molecule has 0 amide bonds. The molecule has 0 saturated heterocycles. The Morgan fingerprint density at radius 3 is 1.57 bits per heavy atom. The van der Waals surface area contributed by atoms with Crippen LogP contribution in [0.1, 0.15) is 98.8 Å². The van der Waals surface area contributed by atoms with Crippen molar-refractivity contribution in [3.63, 3.8) is 0 Å². The molecule has 0 radical (unpaired) electrons. The van der Waals surface area contributed by atoms with Gasteiger partial charge in [0.25, 0.3) is 0 Å². The van der Waals surface area contributed by atoms with Crippen LogP contribution >= 0.6 is 7.82 Å². The minimum Gasteiger partial charge on any atom is -0.388 e. The van der Waals surface area contributed by atoms with Crippen molar-refractivity contribution in [1.82, 2.24) is 0 Å². The van der Waals surface area contributed by atoms with E-state index in [9.17, 15) is 9.67 Å². The lowest BCUT2D eigenvalue weighted by Crippen LogP contribution is -2.21. The van der Waals surface area contributed by atoms with E-state index in [1.54, 1.807) is 0 Å². The number of hydrogen-bond donors (Lipinski definition) is 3. The molecule has 6 nitrogen and oxygen atoms in total. The summed E-state index contributed by atoms with van der Waals surface area (Å²) in [6.45, 7) is 11.8. The van der Waals surface area contributed by atoms with Gasteiger partial charge in [0.15, 0.2) is 0 Å². The van der Waals surface area contributed by atoms with Crippen molar-refractivity contribution in [1.29, 1.82) is 0 Å². The Balaban J connectivity index is 3.60. The first-order chi connectivity index (χ1) is 14.0. The SMILES string of the molecule is CC(C)CCC[C@@H](C)CCC[C@@H](C)CCC[C@@H](C)CCOC[C@H](O)COP(=O)(O)O. The van der Waals surface area contributed by atoms with Gasteiger partial charge in [0.05, 0.1) is 13.2 Å². The fraction of sp³-hybridized carbons (Fsp3) is 1.00. The Morgan fingerprint density at radius 2 is 1.13 bits per heavy atom. The van der Waals surface area contributed by atoms with Crippen LogP contribution in [0, 0.1) is 23.7 Å². The predicted octanol–water partition coefficient (Wildman–Crippen LogP) is 5.94. The maximum atomic E-state index is 10.6. The minimum absolute atomic E-state index is 0.0274. The number of ether oxygens (including phenoxy) is 1. The topological polar surface area (TPSA) is 96.2 Å². The molecule has 0 aromatic heterocycles. The van der Waals surface area contributed by atoms with Crippen LogP contribution < -0.4 is 0 Å². The summed E-state index contributed by atoms with van der Waals surface area (Å²) in [6, 6.07) is 0. The van der Waals surface area contributed by atoms with Crippen molar-refractivity contribution < 1.29 is 28.7 Å². The Morgan fingerprint density at radius 1 is 0.700 bits per heavy atom. The van der Waals surface area contributed by atoms with E-state index in [0.717, 1.165) is 24.2 Å². The van der Waals surface area contributed by atoms with Crippen molar-refractivity contribution in [2.75, 3.05) is 19.8 Å². The van der Waals surface area contributed by atoms with Gasteiger partial charge < -0.3 is 19.6 Å². The van der Waals surface area contributed by atoms with E-state index in [2.05, 4.69) is 39.1 Å². The molecule has 0 aliphatic carbocycles. The molecule has 0 aromatic carbocycles. The summed E-state index contributed by atoms with van der Waals surface area (Å²) < 4.78 is 20.2. The van der Waals surface area contributed by atoms with Crippen LogP contribution in [0.4, 0.5) is 0 Å². The molecule has 182 valence electrons. The van der Waals surface area contributed by atoms with Crippen LogP contribution in [0.25, 0.3) is 0 Å². The van der Waals surface area contributed by atoms with Crippen molar-refractivity contribution in [3.05, 3.63) is 0 Å². The standard InChI is InChI=1S/C23H49O6P/c1-19(2)9-6-10-20(3)11-7-12-21(4)13-8-14-22(5)15-16-28-17-23(24)18-29-30(25,26)27/h19-24H,6-18H2,1-5H3,(H2,25,26,27)/t20-,21-,22-,23+/m1/s1. The van der Waals surface area contributed by atoms with Gasteiger partial charge in [-0.1, -0.05) is 92.4 Å². The molecular formula is C23H49O6P. The Bertz CT molecular complexity index is 439.